The summed E-state index contributed by atoms with van der Waals surface area (Å²) in [6.45, 7) is 5.23. The van der Waals surface area contributed by atoms with Crippen LogP contribution in [0.3, 0.4) is 0 Å². The Kier molecular flexibility index (Phi) is 7.48. The molecule has 1 N–H and O–H groups in total. The topological polar surface area (TPSA) is 120 Å². The van der Waals surface area contributed by atoms with Crippen LogP contribution in [0.2, 0.25) is 0 Å². The third-order valence-electron chi connectivity index (χ3n) is 4.48. The number of esters is 2. The van der Waals surface area contributed by atoms with Gasteiger partial charge >= 0.3 is 18.0 Å². The highest BCUT2D eigenvalue weighted by Crippen LogP contribution is 2.27. The molecule has 0 aromatic heterocycles. The molecule has 2 atom stereocenters. The largest absolute Gasteiger partial charge is 0.488 e. The van der Waals surface area contributed by atoms with Crippen LogP contribution in [-0.2, 0) is 19.0 Å². The molecule has 1 aromatic carbocycles. The van der Waals surface area contributed by atoms with Crippen LogP contribution in [0.4, 0.5) is 4.79 Å². The fourth-order valence-electron chi connectivity index (χ4n) is 3.14. The van der Waals surface area contributed by atoms with Crippen LogP contribution in [0.25, 0.3) is 0 Å². The lowest BCUT2D eigenvalue weighted by Crippen LogP contribution is -2.44. The molecular formula is C21H28N2O8. The standard InChI is InChI=1S/C21H28N2O8/c1-21(2,3)31-20(27)23-11-15(10-16(23)19(26)29-6)30-14-8-12(17(24)22-4)7-13(9-14)18(25)28-5/h7-9,15-16H,10-11H2,1-6H3,(H,22,24)/t15-,16+/m1/s1. The Labute approximate surface area is 180 Å². The van der Waals surface area contributed by atoms with Gasteiger partial charge in [0.15, 0.2) is 0 Å². The number of benzene rings is 1. The van der Waals surface area contributed by atoms with Crippen LogP contribution in [0.1, 0.15) is 47.9 Å². The summed E-state index contributed by atoms with van der Waals surface area (Å²) in [6, 6.07) is 3.40. The van der Waals surface area contributed by atoms with Crippen molar-refractivity contribution in [3.05, 3.63) is 29.3 Å². The van der Waals surface area contributed by atoms with E-state index in [1.165, 1.54) is 44.4 Å². The van der Waals surface area contributed by atoms with Crippen LogP contribution in [0.5, 0.6) is 5.75 Å². The van der Waals surface area contributed by atoms with E-state index in [1.807, 2.05) is 0 Å². The van der Waals surface area contributed by atoms with Gasteiger partial charge in [0.1, 0.15) is 23.5 Å². The summed E-state index contributed by atoms with van der Waals surface area (Å²) in [5.41, 5.74) is -0.412. The maximum Gasteiger partial charge on any atom is 0.411 e. The number of carbonyl (C=O) groups is 4. The first-order chi connectivity index (χ1) is 14.5. The minimum Gasteiger partial charge on any atom is -0.488 e. The lowest BCUT2D eigenvalue weighted by Gasteiger charge is -2.27. The highest BCUT2D eigenvalue weighted by Gasteiger charge is 2.43. The Hall–Kier alpha value is -3.30. The molecule has 1 heterocycles. The normalized spacial score (nSPS) is 18.2. The van der Waals surface area contributed by atoms with Crippen molar-refractivity contribution in [3.63, 3.8) is 0 Å². The Morgan fingerprint density at radius 3 is 2.23 bits per heavy atom. The third kappa shape index (κ3) is 6.09. The predicted octanol–water partition coefficient (Wildman–Crippen LogP) is 1.76. The van der Waals surface area contributed by atoms with E-state index in [0.717, 1.165) is 0 Å². The van der Waals surface area contributed by atoms with Crippen molar-refractivity contribution in [3.8, 4) is 5.75 Å². The molecule has 170 valence electrons. The number of methoxy groups -OCH3 is 2. The molecule has 10 nitrogen and oxygen atoms in total. The number of ether oxygens (including phenoxy) is 4. The van der Waals surface area contributed by atoms with Gasteiger partial charge in [0.2, 0.25) is 0 Å². The monoisotopic (exact) mass is 436 g/mol. The zero-order valence-corrected chi connectivity index (χ0v) is 18.5. The first kappa shape index (κ1) is 24.0. The van der Waals surface area contributed by atoms with Gasteiger partial charge in [0.05, 0.1) is 26.3 Å². The second kappa shape index (κ2) is 9.67. The summed E-state index contributed by atoms with van der Waals surface area (Å²) < 4.78 is 20.9. The SMILES string of the molecule is CNC(=O)c1cc(O[C@@H]2C[C@@H](C(=O)OC)N(C(=O)OC(C)(C)C)C2)cc(C(=O)OC)c1. The molecular weight excluding hydrogens is 408 g/mol. The lowest BCUT2D eigenvalue weighted by molar-refractivity contribution is -0.145. The zero-order chi connectivity index (χ0) is 23.3. The van der Waals surface area contributed by atoms with Gasteiger partial charge in [-0.1, -0.05) is 0 Å². The van der Waals surface area contributed by atoms with E-state index in [2.05, 4.69) is 5.32 Å². The summed E-state index contributed by atoms with van der Waals surface area (Å²) in [7, 11) is 3.93. The molecule has 1 aromatic rings. The fourth-order valence-corrected chi connectivity index (χ4v) is 3.14. The van der Waals surface area contributed by atoms with Crippen LogP contribution in [0, 0.1) is 0 Å². The van der Waals surface area contributed by atoms with Crippen molar-refractivity contribution in [2.45, 2.75) is 44.9 Å². The van der Waals surface area contributed by atoms with Gasteiger partial charge in [-0.3, -0.25) is 9.69 Å². The summed E-state index contributed by atoms with van der Waals surface area (Å²) in [4.78, 5) is 50.1. The smallest absolute Gasteiger partial charge is 0.411 e. The summed E-state index contributed by atoms with van der Waals surface area (Å²) >= 11 is 0. The summed E-state index contributed by atoms with van der Waals surface area (Å²) in [5.74, 6) is -1.41. The highest BCUT2D eigenvalue weighted by atomic mass is 16.6. The summed E-state index contributed by atoms with van der Waals surface area (Å²) in [5, 5.41) is 2.48. The van der Waals surface area contributed by atoms with E-state index in [9.17, 15) is 19.2 Å². The van der Waals surface area contributed by atoms with Gasteiger partial charge in [0, 0.05) is 19.0 Å². The summed E-state index contributed by atoms with van der Waals surface area (Å²) in [6.07, 6.45) is -1.10. The maximum absolute atomic E-state index is 12.6. The van der Waals surface area contributed by atoms with Crippen LogP contribution in [-0.4, -0.2) is 74.4 Å². The number of nitrogens with one attached hydrogen (secondary N) is 1. The van der Waals surface area contributed by atoms with Crippen molar-refractivity contribution in [1.29, 1.82) is 0 Å². The van der Waals surface area contributed by atoms with Crippen molar-refractivity contribution in [2.75, 3.05) is 27.8 Å². The van der Waals surface area contributed by atoms with Gasteiger partial charge in [0.25, 0.3) is 5.91 Å². The van der Waals surface area contributed by atoms with E-state index in [0.29, 0.717) is 0 Å². The van der Waals surface area contributed by atoms with Crippen LogP contribution >= 0.6 is 0 Å². The van der Waals surface area contributed by atoms with E-state index in [-0.39, 0.29) is 29.8 Å². The Morgan fingerprint density at radius 2 is 1.68 bits per heavy atom. The molecule has 0 aliphatic carbocycles. The number of likely N-dealkylation sites (tertiary alicyclic amines) is 1. The number of nitrogens with zero attached hydrogens (tertiary/aromatic N) is 1. The van der Waals surface area contributed by atoms with Gasteiger partial charge in [-0.2, -0.15) is 0 Å². The molecule has 0 spiro atoms. The molecule has 1 aliphatic heterocycles. The Bertz CT molecular complexity index is 827. The molecule has 10 heteroatoms. The molecule has 1 aliphatic rings. The van der Waals surface area contributed by atoms with Crippen LogP contribution in [0.15, 0.2) is 18.2 Å². The molecule has 0 saturated carbocycles. The minimum atomic E-state index is -0.882. The third-order valence-corrected chi connectivity index (χ3v) is 4.48. The first-order valence-corrected chi connectivity index (χ1v) is 9.68. The fraction of sp³-hybridized carbons (Fsp3) is 0.524. The van der Waals surface area contributed by atoms with Gasteiger partial charge in [-0.05, 0) is 39.0 Å². The van der Waals surface area contributed by atoms with Crippen LogP contribution < -0.4 is 10.1 Å². The van der Waals surface area contributed by atoms with Crippen molar-refractivity contribution < 1.29 is 38.1 Å². The molecule has 0 radical (unpaired) electrons. The Balaban J connectivity index is 2.29. The molecule has 0 bridgehead atoms. The zero-order valence-electron chi connectivity index (χ0n) is 18.5. The highest BCUT2D eigenvalue weighted by molar-refractivity contribution is 5.98. The van der Waals surface area contributed by atoms with E-state index < -0.39 is 41.7 Å². The van der Waals surface area contributed by atoms with Gasteiger partial charge < -0.3 is 24.3 Å². The van der Waals surface area contributed by atoms with Gasteiger partial charge in [-0.15, -0.1) is 0 Å². The first-order valence-electron chi connectivity index (χ1n) is 9.68. The van der Waals surface area contributed by atoms with E-state index >= 15 is 0 Å². The number of hydrogen-bond donors (Lipinski definition) is 1. The molecule has 0 unspecified atom stereocenters. The number of amides is 2. The van der Waals surface area contributed by atoms with E-state index in [1.54, 1.807) is 20.8 Å². The lowest BCUT2D eigenvalue weighted by atomic mass is 10.1. The second-order valence-electron chi connectivity index (χ2n) is 7.96. The van der Waals surface area contributed by atoms with Crippen molar-refractivity contribution in [1.82, 2.24) is 10.2 Å². The average Bonchev–Trinajstić information content (AvgIpc) is 3.14. The molecule has 2 rings (SSSR count). The number of hydrogen-bond acceptors (Lipinski definition) is 8. The van der Waals surface area contributed by atoms with Crippen molar-refractivity contribution in [2.24, 2.45) is 0 Å². The quantitative estimate of drug-likeness (QED) is 0.548. The van der Waals surface area contributed by atoms with E-state index in [4.69, 9.17) is 18.9 Å². The molecule has 1 saturated heterocycles. The maximum atomic E-state index is 12.6. The van der Waals surface area contributed by atoms with Crippen molar-refractivity contribution >= 4 is 23.9 Å². The minimum absolute atomic E-state index is 0.0619. The molecule has 1 fully saturated rings. The molecule has 31 heavy (non-hydrogen) atoms. The van der Waals surface area contributed by atoms with Gasteiger partial charge in [-0.25, -0.2) is 14.4 Å². The number of rotatable bonds is 5. The second-order valence-corrected chi connectivity index (χ2v) is 7.96. The molecule has 2 amide bonds. The predicted molar refractivity (Wildman–Crippen MR) is 109 cm³/mol. The number of carbonyl (C=O) groups excluding carboxylic acids is 4. The average molecular weight is 436 g/mol. The Morgan fingerprint density at radius 1 is 1.03 bits per heavy atom.